The lowest BCUT2D eigenvalue weighted by Gasteiger charge is -2.17. The van der Waals surface area contributed by atoms with Crippen LogP contribution in [0.1, 0.15) is 138 Å². The second kappa shape index (κ2) is 24.9. The maximum atomic E-state index is 13.4. The molecule has 0 amide bonds. The normalized spacial score (nSPS) is 13.1. The van der Waals surface area contributed by atoms with Crippen LogP contribution >= 0.6 is 0 Å². The van der Waals surface area contributed by atoms with E-state index in [2.05, 4.69) is 20.8 Å². The molecule has 0 fully saturated rings. The Morgan fingerprint density at radius 1 is 0.479 bits per heavy atom. The molecule has 0 N–H and O–H groups in total. The molecule has 0 bridgehead atoms. The zero-order valence-corrected chi connectivity index (χ0v) is 30.6. The Labute approximate surface area is 286 Å². The molecule has 0 spiro atoms. The van der Waals surface area contributed by atoms with Gasteiger partial charge in [0.1, 0.15) is 0 Å². The first-order chi connectivity index (χ1) is 23.1. The molecular weight excluding hydrogens is 618 g/mol. The summed E-state index contributed by atoms with van der Waals surface area (Å²) in [6.45, 7) is 12.2. The molecule has 0 radical (unpaired) electrons. The summed E-state index contributed by atoms with van der Waals surface area (Å²) in [6, 6.07) is 0. The Balaban J connectivity index is 3.14. The van der Waals surface area contributed by atoms with Crippen molar-refractivity contribution < 1.29 is 28.6 Å². The van der Waals surface area contributed by atoms with Crippen LogP contribution < -0.4 is 17.1 Å². The summed E-state index contributed by atoms with van der Waals surface area (Å²) in [5.74, 6) is -0.990. The predicted molar refractivity (Wildman–Crippen MR) is 186 cm³/mol. The van der Waals surface area contributed by atoms with Gasteiger partial charge in [0.2, 0.25) is 0 Å². The number of esters is 3. The van der Waals surface area contributed by atoms with Crippen LogP contribution in [0, 0.1) is 17.8 Å². The topological polar surface area (TPSA) is 145 Å². The molecule has 12 heteroatoms. The molecule has 3 atom stereocenters. The summed E-state index contributed by atoms with van der Waals surface area (Å²) in [6.07, 6.45) is 10.9. The van der Waals surface area contributed by atoms with Gasteiger partial charge in [-0.1, -0.05) is 99.3 Å². The van der Waals surface area contributed by atoms with Crippen LogP contribution in [0.3, 0.4) is 0 Å². The lowest BCUT2D eigenvalue weighted by molar-refractivity contribution is -0.146. The first kappa shape index (κ1) is 42.8. The Kier molecular flexibility index (Phi) is 22.2. The molecule has 1 aromatic rings. The highest BCUT2D eigenvalue weighted by molar-refractivity contribution is 5.70. The predicted octanol–water partition coefficient (Wildman–Crippen LogP) is 5.62. The molecule has 48 heavy (non-hydrogen) atoms. The van der Waals surface area contributed by atoms with E-state index in [0.29, 0.717) is 0 Å². The van der Waals surface area contributed by atoms with Gasteiger partial charge in [0.05, 0.1) is 39.1 Å². The largest absolute Gasteiger partial charge is 0.465 e. The third-order valence-corrected chi connectivity index (χ3v) is 9.07. The minimum atomic E-state index is -0.935. The van der Waals surface area contributed by atoms with Gasteiger partial charge in [-0.25, -0.2) is 28.1 Å². The Bertz CT molecular complexity index is 1080. The Morgan fingerprint density at radius 2 is 0.729 bits per heavy atom. The molecule has 0 aliphatic heterocycles. The summed E-state index contributed by atoms with van der Waals surface area (Å²) < 4.78 is 18.7. The minimum Gasteiger partial charge on any atom is -0.465 e. The van der Waals surface area contributed by atoms with Gasteiger partial charge in [0.15, 0.2) is 0 Å². The number of rotatable bonds is 27. The average molecular weight is 682 g/mol. The van der Waals surface area contributed by atoms with Crippen LogP contribution in [0.5, 0.6) is 0 Å². The number of unbranched alkanes of at least 4 members (excludes halogenated alkanes) is 3. The molecule has 1 rings (SSSR count). The van der Waals surface area contributed by atoms with E-state index in [4.69, 9.17) is 14.2 Å². The van der Waals surface area contributed by atoms with Gasteiger partial charge in [0.25, 0.3) is 0 Å². The highest BCUT2D eigenvalue weighted by atomic mass is 16.5. The molecule has 12 nitrogen and oxygen atoms in total. The molecule has 0 aliphatic rings. The number of hydrogen-bond acceptors (Lipinski definition) is 9. The van der Waals surface area contributed by atoms with Gasteiger partial charge < -0.3 is 14.2 Å². The van der Waals surface area contributed by atoms with E-state index in [1.165, 1.54) is 0 Å². The zero-order valence-electron chi connectivity index (χ0n) is 30.6. The molecule has 1 aromatic heterocycles. The van der Waals surface area contributed by atoms with Gasteiger partial charge >= 0.3 is 35.0 Å². The molecule has 276 valence electrons. The molecular formula is C36H63N3O9. The monoisotopic (exact) mass is 681 g/mol. The van der Waals surface area contributed by atoms with Crippen molar-refractivity contribution in [1.82, 2.24) is 13.7 Å². The summed E-state index contributed by atoms with van der Waals surface area (Å²) in [5.41, 5.74) is -2.81. The van der Waals surface area contributed by atoms with Crippen molar-refractivity contribution in [2.45, 2.75) is 157 Å². The number of ether oxygens (including phenoxy) is 3. The van der Waals surface area contributed by atoms with Crippen LogP contribution in [0.15, 0.2) is 14.4 Å². The number of aromatic nitrogens is 3. The second-order valence-corrected chi connectivity index (χ2v) is 12.9. The third kappa shape index (κ3) is 15.8. The van der Waals surface area contributed by atoms with E-state index in [0.717, 1.165) is 90.8 Å². The Hall–Kier alpha value is -3.18. The van der Waals surface area contributed by atoms with Crippen molar-refractivity contribution in [2.24, 2.45) is 17.8 Å². The van der Waals surface area contributed by atoms with E-state index < -0.39 is 35.0 Å². The second-order valence-electron chi connectivity index (χ2n) is 12.9. The van der Waals surface area contributed by atoms with Gasteiger partial charge in [-0.2, -0.15) is 0 Å². The van der Waals surface area contributed by atoms with Crippen LogP contribution in [-0.4, -0.2) is 51.4 Å². The van der Waals surface area contributed by atoms with Crippen molar-refractivity contribution in [2.75, 3.05) is 19.8 Å². The highest BCUT2D eigenvalue weighted by Gasteiger charge is 2.20. The fourth-order valence-corrected chi connectivity index (χ4v) is 5.41. The fourth-order valence-electron chi connectivity index (χ4n) is 5.41. The quantitative estimate of drug-likeness (QED) is 0.0853. The lowest BCUT2D eigenvalue weighted by Crippen LogP contribution is -2.55. The van der Waals surface area contributed by atoms with E-state index in [-0.39, 0.29) is 76.5 Å². The van der Waals surface area contributed by atoms with E-state index in [9.17, 15) is 28.8 Å². The van der Waals surface area contributed by atoms with E-state index in [1.807, 2.05) is 20.8 Å². The van der Waals surface area contributed by atoms with E-state index in [1.54, 1.807) is 0 Å². The number of carbonyl (C=O) groups is 3. The van der Waals surface area contributed by atoms with Crippen LogP contribution in [0.4, 0.5) is 0 Å². The van der Waals surface area contributed by atoms with Crippen molar-refractivity contribution in [3.8, 4) is 0 Å². The van der Waals surface area contributed by atoms with Crippen molar-refractivity contribution in [3.63, 3.8) is 0 Å². The minimum absolute atomic E-state index is 0.230. The molecule has 0 saturated heterocycles. The maximum Gasteiger partial charge on any atom is 0.336 e. The third-order valence-electron chi connectivity index (χ3n) is 9.07. The smallest absolute Gasteiger partial charge is 0.336 e. The fraction of sp³-hybridized carbons (Fsp3) is 0.833. The molecule has 0 aromatic carbocycles. The molecule has 3 unspecified atom stereocenters. The van der Waals surface area contributed by atoms with Crippen molar-refractivity contribution in [3.05, 3.63) is 31.5 Å². The summed E-state index contributed by atoms with van der Waals surface area (Å²) >= 11 is 0. The van der Waals surface area contributed by atoms with Crippen molar-refractivity contribution >= 4 is 17.9 Å². The Morgan fingerprint density at radius 3 is 0.938 bits per heavy atom. The summed E-state index contributed by atoms with van der Waals surface area (Å²) in [7, 11) is 0. The first-order valence-electron chi connectivity index (χ1n) is 18.5. The van der Waals surface area contributed by atoms with Crippen molar-refractivity contribution in [1.29, 1.82) is 0 Å². The maximum absolute atomic E-state index is 13.4. The number of hydrogen-bond donors (Lipinski definition) is 0. The highest BCUT2D eigenvalue weighted by Crippen LogP contribution is 2.15. The standard InChI is InChI=1S/C36H63N3O9/c1-7-13-16-28(10-4)25-46-31(40)19-22-37-34(43)38(23-20-32(41)47-26-29(11-5)17-14-8-2)36(45)39(35(37)44)24-21-33(42)48-27-30(12-6)18-15-9-3/h28-30H,7-27H2,1-6H3. The summed E-state index contributed by atoms with van der Waals surface area (Å²) in [4.78, 5) is 78.0. The van der Waals surface area contributed by atoms with Gasteiger partial charge in [-0.05, 0) is 37.0 Å². The van der Waals surface area contributed by atoms with E-state index >= 15 is 0 Å². The van der Waals surface area contributed by atoms with Crippen LogP contribution in [0.2, 0.25) is 0 Å². The zero-order chi connectivity index (χ0) is 35.9. The summed E-state index contributed by atoms with van der Waals surface area (Å²) in [5, 5.41) is 0. The SMILES string of the molecule is CCCCC(CC)COC(=O)CCn1c(=O)n(CCC(=O)OCC(CC)CCCC)c(=O)n(CCC(=O)OCC(CC)CCCC)c1=O. The van der Waals surface area contributed by atoms with Gasteiger partial charge in [-0.15, -0.1) is 0 Å². The van der Waals surface area contributed by atoms with Gasteiger partial charge in [0, 0.05) is 19.6 Å². The van der Waals surface area contributed by atoms with Crippen LogP contribution in [-0.2, 0) is 48.2 Å². The first-order valence-corrected chi connectivity index (χ1v) is 18.5. The number of carbonyl (C=O) groups excluding carboxylic acids is 3. The lowest BCUT2D eigenvalue weighted by atomic mass is 10.0. The molecule has 1 heterocycles. The van der Waals surface area contributed by atoms with Gasteiger partial charge in [-0.3, -0.25) is 14.4 Å². The molecule has 0 saturated carbocycles. The molecule has 0 aliphatic carbocycles. The van der Waals surface area contributed by atoms with Crippen LogP contribution in [0.25, 0.3) is 0 Å². The number of nitrogens with zero attached hydrogens (tertiary/aromatic N) is 3. The average Bonchev–Trinajstić information content (AvgIpc) is 3.08.